The first-order chi connectivity index (χ1) is 8.34. The van der Waals surface area contributed by atoms with Gasteiger partial charge in [0.1, 0.15) is 11.5 Å². The maximum atomic E-state index is 11.7. The van der Waals surface area contributed by atoms with Crippen LogP contribution in [-0.4, -0.2) is 25.3 Å². The quantitative estimate of drug-likeness (QED) is 0.796. The van der Waals surface area contributed by atoms with E-state index in [2.05, 4.69) is 0 Å². The first kappa shape index (κ1) is 14.3. The molecular weight excluding hydrogens is 234 g/mol. The molecule has 0 amide bonds. The highest BCUT2D eigenvalue weighted by Crippen LogP contribution is 2.38. The molecular formula is C13H19NO4. The molecule has 0 aliphatic heterocycles. The summed E-state index contributed by atoms with van der Waals surface area (Å²) in [5, 5.41) is 9.40. The fraction of sp³-hybridized carbons (Fsp3) is 0.462. The number of esters is 1. The molecule has 100 valence electrons. The smallest absolute Gasteiger partial charge is 0.313 e. The minimum absolute atomic E-state index is 0.0821. The molecule has 1 atom stereocenters. The summed E-state index contributed by atoms with van der Waals surface area (Å²) in [5.41, 5.74) is 5.87. The Bertz CT molecular complexity index is 443. The van der Waals surface area contributed by atoms with Crippen LogP contribution in [-0.2, 0) is 9.53 Å². The van der Waals surface area contributed by atoms with Crippen molar-refractivity contribution < 1.29 is 19.4 Å². The number of carbonyl (C=O) groups excluding carboxylic acids is 1. The number of aromatic hydroxyl groups is 1. The lowest BCUT2D eigenvalue weighted by Gasteiger charge is -2.29. The van der Waals surface area contributed by atoms with E-state index in [1.165, 1.54) is 26.4 Å². The van der Waals surface area contributed by atoms with Crippen LogP contribution in [0.25, 0.3) is 0 Å². The molecule has 0 saturated carbocycles. The molecule has 5 heteroatoms. The minimum atomic E-state index is -0.890. The van der Waals surface area contributed by atoms with Crippen LogP contribution in [0.3, 0.4) is 0 Å². The van der Waals surface area contributed by atoms with Crippen molar-refractivity contribution in [1.82, 2.24) is 0 Å². The zero-order chi connectivity index (χ0) is 13.9. The molecule has 0 heterocycles. The normalized spacial score (nSPS) is 12.9. The van der Waals surface area contributed by atoms with Gasteiger partial charge in [-0.05, 0) is 19.9 Å². The highest BCUT2D eigenvalue weighted by Gasteiger charge is 2.37. The second kappa shape index (κ2) is 5.27. The molecule has 0 aliphatic rings. The number of nitrogens with two attached hydrogens (primary N) is 1. The number of methoxy groups -OCH3 is 2. The second-order valence-corrected chi connectivity index (χ2v) is 4.62. The van der Waals surface area contributed by atoms with Gasteiger partial charge < -0.3 is 20.3 Å². The van der Waals surface area contributed by atoms with Gasteiger partial charge >= 0.3 is 5.97 Å². The lowest BCUT2D eigenvalue weighted by molar-refractivity contribution is -0.152. The Morgan fingerprint density at radius 1 is 1.39 bits per heavy atom. The molecule has 3 N–H and O–H groups in total. The highest BCUT2D eigenvalue weighted by atomic mass is 16.5. The molecule has 0 saturated heterocycles. The molecule has 5 nitrogen and oxygen atoms in total. The summed E-state index contributed by atoms with van der Waals surface area (Å²) in [6.07, 6.45) is 0. The van der Waals surface area contributed by atoms with Crippen molar-refractivity contribution in [3.05, 3.63) is 23.8 Å². The van der Waals surface area contributed by atoms with Gasteiger partial charge in [0.25, 0.3) is 0 Å². The summed E-state index contributed by atoms with van der Waals surface area (Å²) >= 11 is 0. The SMILES string of the molecule is COC(=O)C(C)(C)[C@@H](N)c1ccc(O)cc1OC. The van der Waals surface area contributed by atoms with Crippen molar-refractivity contribution in [1.29, 1.82) is 0 Å². The Kier molecular flexibility index (Phi) is 4.19. The van der Waals surface area contributed by atoms with Crippen LogP contribution < -0.4 is 10.5 Å². The summed E-state index contributed by atoms with van der Waals surface area (Å²) in [5.74, 6) is 0.128. The van der Waals surface area contributed by atoms with Crippen LogP contribution in [0.4, 0.5) is 0 Å². The Labute approximate surface area is 107 Å². The first-order valence-electron chi connectivity index (χ1n) is 5.55. The van der Waals surface area contributed by atoms with Crippen LogP contribution in [0.5, 0.6) is 11.5 Å². The number of hydrogen-bond acceptors (Lipinski definition) is 5. The number of phenols is 1. The average Bonchev–Trinajstić information content (AvgIpc) is 2.36. The Morgan fingerprint density at radius 3 is 2.50 bits per heavy atom. The predicted molar refractivity (Wildman–Crippen MR) is 67.4 cm³/mol. The van der Waals surface area contributed by atoms with E-state index in [-0.39, 0.29) is 5.75 Å². The third kappa shape index (κ3) is 2.56. The van der Waals surface area contributed by atoms with Crippen LogP contribution in [0, 0.1) is 5.41 Å². The highest BCUT2D eigenvalue weighted by molar-refractivity contribution is 5.77. The first-order valence-corrected chi connectivity index (χ1v) is 5.55. The van der Waals surface area contributed by atoms with Gasteiger partial charge in [-0.3, -0.25) is 4.79 Å². The van der Waals surface area contributed by atoms with Crippen LogP contribution in [0.2, 0.25) is 0 Å². The molecule has 0 unspecified atom stereocenters. The van der Waals surface area contributed by atoms with Crippen molar-refractivity contribution in [3.8, 4) is 11.5 Å². The van der Waals surface area contributed by atoms with Gasteiger partial charge in [-0.25, -0.2) is 0 Å². The van der Waals surface area contributed by atoms with Gasteiger partial charge in [-0.2, -0.15) is 0 Å². The van der Waals surface area contributed by atoms with Gasteiger partial charge in [0, 0.05) is 17.7 Å². The molecule has 1 aromatic rings. The molecule has 0 bridgehead atoms. The van der Waals surface area contributed by atoms with Gasteiger partial charge in [0.15, 0.2) is 0 Å². The van der Waals surface area contributed by atoms with Crippen molar-refractivity contribution in [3.63, 3.8) is 0 Å². The third-order valence-corrected chi connectivity index (χ3v) is 3.04. The molecule has 0 fully saturated rings. The molecule has 1 aromatic carbocycles. The fourth-order valence-electron chi connectivity index (χ4n) is 1.74. The van der Waals surface area contributed by atoms with Gasteiger partial charge in [-0.1, -0.05) is 6.07 Å². The third-order valence-electron chi connectivity index (χ3n) is 3.04. The summed E-state index contributed by atoms with van der Waals surface area (Å²) < 4.78 is 9.91. The average molecular weight is 253 g/mol. The number of ether oxygens (including phenoxy) is 2. The fourth-order valence-corrected chi connectivity index (χ4v) is 1.74. The zero-order valence-corrected chi connectivity index (χ0v) is 11.1. The van der Waals surface area contributed by atoms with Crippen LogP contribution in [0.1, 0.15) is 25.5 Å². The van der Waals surface area contributed by atoms with Crippen molar-refractivity contribution in [2.45, 2.75) is 19.9 Å². The van der Waals surface area contributed by atoms with Gasteiger partial charge in [0.2, 0.25) is 0 Å². The van der Waals surface area contributed by atoms with E-state index >= 15 is 0 Å². The van der Waals surface area contributed by atoms with E-state index in [0.717, 1.165) is 0 Å². The number of benzene rings is 1. The Balaban J connectivity index is 3.18. The topological polar surface area (TPSA) is 81.8 Å². The summed E-state index contributed by atoms with van der Waals surface area (Å²) in [6, 6.07) is 4.01. The minimum Gasteiger partial charge on any atom is -0.508 e. The number of carbonyl (C=O) groups is 1. The van der Waals surface area contributed by atoms with Gasteiger partial charge in [0.05, 0.1) is 19.6 Å². The summed E-state index contributed by atoms with van der Waals surface area (Å²) in [4.78, 5) is 11.7. The zero-order valence-electron chi connectivity index (χ0n) is 11.1. The lowest BCUT2D eigenvalue weighted by atomic mass is 9.80. The summed E-state index contributed by atoms with van der Waals surface area (Å²) in [6.45, 7) is 3.41. The molecule has 1 rings (SSSR count). The standard InChI is InChI=1S/C13H19NO4/c1-13(2,12(16)18-4)11(14)9-6-5-8(15)7-10(9)17-3/h5-7,11,15H,14H2,1-4H3/t11-/m0/s1. The van der Waals surface area contributed by atoms with Crippen molar-refractivity contribution in [2.75, 3.05) is 14.2 Å². The summed E-state index contributed by atoms with van der Waals surface area (Å²) in [7, 11) is 2.81. The largest absolute Gasteiger partial charge is 0.508 e. The van der Waals surface area contributed by atoms with Crippen LogP contribution in [0.15, 0.2) is 18.2 Å². The molecule has 0 aliphatic carbocycles. The van der Waals surface area contributed by atoms with Crippen LogP contribution >= 0.6 is 0 Å². The molecule has 18 heavy (non-hydrogen) atoms. The van der Waals surface area contributed by atoms with E-state index in [4.69, 9.17) is 15.2 Å². The van der Waals surface area contributed by atoms with E-state index in [0.29, 0.717) is 11.3 Å². The van der Waals surface area contributed by atoms with E-state index < -0.39 is 17.4 Å². The molecule has 0 aromatic heterocycles. The van der Waals surface area contributed by atoms with Crippen molar-refractivity contribution in [2.24, 2.45) is 11.1 Å². The number of hydrogen-bond donors (Lipinski definition) is 2. The van der Waals surface area contributed by atoms with Gasteiger partial charge in [-0.15, -0.1) is 0 Å². The Hall–Kier alpha value is -1.75. The van der Waals surface area contributed by atoms with Crippen molar-refractivity contribution >= 4 is 5.97 Å². The maximum Gasteiger partial charge on any atom is 0.313 e. The predicted octanol–water partition coefficient (Wildman–Crippen LogP) is 1.60. The second-order valence-electron chi connectivity index (χ2n) is 4.62. The maximum absolute atomic E-state index is 11.7. The van der Waals surface area contributed by atoms with E-state index in [1.54, 1.807) is 19.9 Å². The van der Waals surface area contributed by atoms with E-state index in [9.17, 15) is 9.90 Å². The Morgan fingerprint density at radius 2 is 2.00 bits per heavy atom. The van der Waals surface area contributed by atoms with E-state index in [1.807, 2.05) is 0 Å². The number of rotatable bonds is 4. The molecule has 0 spiro atoms. The molecule has 0 radical (unpaired) electrons. The lowest BCUT2D eigenvalue weighted by Crippen LogP contribution is -2.37. The number of phenolic OH excluding ortho intramolecular Hbond substituents is 1. The monoisotopic (exact) mass is 253 g/mol.